The minimum absolute atomic E-state index is 0.0489. The van der Waals surface area contributed by atoms with E-state index < -0.39 is 30.2 Å². The lowest BCUT2D eigenvalue weighted by atomic mass is 10.1. The van der Waals surface area contributed by atoms with Gasteiger partial charge in [0.2, 0.25) is 0 Å². The fourth-order valence-corrected chi connectivity index (χ4v) is 3.65. The zero-order valence-electron chi connectivity index (χ0n) is 19.1. The van der Waals surface area contributed by atoms with Gasteiger partial charge in [-0.25, -0.2) is 9.18 Å². The number of esters is 1. The van der Waals surface area contributed by atoms with Crippen LogP contribution in [0.15, 0.2) is 39.6 Å². The second-order valence-electron chi connectivity index (χ2n) is 8.04. The molecule has 0 radical (unpaired) electrons. The second kappa shape index (κ2) is 11.0. The Labute approximate surface area is 213 Å². The minimum atomic E-state index is -0.826. The Morgan fingerprint density at radius 1 is 1.34 bits per heavy atom. The SMILES string of the molecule is CC(C)C(N)C(=O)OCn1nc(Cc2ccc(Br)c(Oc3cc(Cl)cc(C#N)c3)c2F)n(C)c1=O. The first-order chi connectivity index (χ1) is 16.5. The highest BCUT2D eigenvalue weighted by Gasteiger charge is 2.21. The van der Waals surface area contributed by atoms with Gasteiger partial charge in [0.25, 0.3) is 0 Å². The van der Waals surface area contributed by atoms with Crippen LogP contribution in [0.5, 0.6) is 11.5 Å². The summed E-state index contributed by atoms with van der Waals surface area (Å²) < 4.78 is 28.7. The first-order valence-corrected chi connectivity index (χ1v) is 11.6. The molecule has 1 heterocycles. The smallest absolute Gasteiger partial charge is 0.348 e. The molecule has 2 N–H and O–H groups in total. The van der Waals surface area contributed by atoms with Gasteiger partial charge in [-0.05, 0) is 51.7 Å². The van der Waals surface area contributed by atoms with Gasteiger partial charge in [0.1, 0.15) is 17.6 Å². The summed E-state index contributed by atoms with van der Waals surface area (Å²) in [6.45, 7) is 3.13. The fraction of sp³-hybridized carbons (Fsp3) is 0.304. The van der Waals surface area contributed by atoms with Gasteiger partial charge in [0.05, 0.1) is 16.1 Å². The predicted molar refractivity (Wildman–Crippen MR) is 130 cm³/mol. The van der Waals surface area contributed by atoms with Gasteiger partial charge in [0.15, 0.2) is 18.3 Å². The van der Waals surface area contributed by atoms with Crippen LogP contribution in [0.4, 0.5) is 4.39 Å². The molecule has 2 aromatic carbocycles. The van der Waals surface area contributed by atoms with Gasteiger partial charge in [-0.15, -0.1) is 0 Å². The maximum atomic E-state index is 15.4. The van der Waals surface area contributed by atoms with E-state index >= 15 is 4.39 Å². The van der Waals surface area contributed by atoms with E-state index in [-0.39, 0.29) is 45.8 Å². The average Bonchev–Trinajstić information content (AvgIpc) is 3.08. The Morgan fingerprint density at radius 3 is 2.71 bits per heavy atom. The number of hydrogen-bond acceptors (Lipinski definition) is 7. The van der Waals surface area contributed by atoms with Gasteiger partial charge in [0, 0.05) is 18.5 Å². The first-order valence-electron chi connectivity index (χ1n) is 10.4. The number of carbonyl (C=O) groups is 1. The van der Waals surface area contributed by atoms with Crippen molar-refractivity contribution in [1.29, 1.82) is 5.26 Å². The molecule has 0 saturated carbocycles. The lowest BCUT2D eigenvalue weighted by molar-refractivity contribution is -0.150. The summed E-state index contributed by atoms with van der Waals surface area (Å²) >= 11 is 9.28. The molecule has 12 heteroatoms. The average molecular weight is 567 g/mol. The molecule has 0 saturated heterocycles. The van der Waals surface area contributed by atoms with Crippen LogP contribution in [0.25, 0.3) is 0 Å². The highest BCUT2D eigenvalue weighted by Crippen LogP contribution is 2.36. The summed E-state index contributed by atoms with van der Waals surface area (Å²) in [5.74, 6) is -1.16. The van der Waals surface area contributed by atoms with Crippen LogP contribution in [0, 0.1) is 23.1 Å². The molecular formula is C23H22BrClFN5O4. The minimum Gasteiger partial charge on any atom is -0.453 e. The van der Waals surface area contributed by atoms with Gasteiger partial charge < -0.3 is 15.2 Å². The molecule has 0 spiro atoms. The monoisotopic (exact) mass is 565 g/mol. The van der Waals surface area contributed by atoms with Crippen LogP contribution < -0.4 is 16.2 Å². The quantitative estimate of drug-likeness (QED) is 0.410. The first kappa shape index (κ1) is 26.4. The molecule has 0 aliphatic carbocycles. The van der Waals surface area contributed by atoms with Crippen molar-refractivity contribution >= 4 is 33.5 Å². The van der Waals surface area contributed by atoms with E-state index in [0.29, 0.717) is 4.47 Å². The van der Waals surface area contributed by atoms with Gasteiger partial charge in [-0.2, -0.15) is 15.0 Å². The van der Waals surface area contributed by atoms with E-state index in [4.69, 9.17) is 32.1 Å². The maximum absolute atomic E-state index is 15.4. The lowest BCUT2D eigenvalue weighted by Crippen LogP contribution is -2.38. The van der Waals surface area contributed by atoms with Crippen molar-refractivity contribution in [3.8, 4) is 17.6 Å². The van der Waals surface area contributed by atoms with Crippen LogP contribution in [-0.4, -0.2) is 26.4 Å². The third-order valence-corrected chi connectivity index (χ3v) is 5.99. The Morgan fingerprint density at radius 2 is 2.06 bits per heavy atom. The summed E-state index contributed by atoms with van der Waals surface area (Å²) in [5.41, 5.74) is 5.67. The second-order valence-corrected chi connectivity index (χ2v) is 9.33. The van der Waals surface area contributed by atoms with E-state index in [1.165, 1.54) is 35.9 Å². The molecular weight excluding hydrogens is 545 g/mol. The molecule has 9 nitrogen and oxygen atoms in total. The number of nitriles is 1. The summed E-state index contributed by atoms with van der Waals surface area (Å²) in [5, 5.41) is 13.6. The van der Waals surface area contributed by atoms with Crippen molar-refractivity contribution in [2.75, 3.05) is 0 Å². The number of benzene rings is 2. The van der Waals surface area contributed by atoms with Crippen molar-refractivity contribution < 1.29 is 18.7 Å². The third kappa shape index (κ3) is 6.08. The van der Waals surface area contributed by atoms with Crippen molar-refractivity contribution in [3.63, 3.8) is 0 Å². The van der Waals surface area contributed by atoms with E-state index in [0.717, 1.165) is 4.68 Å². The standard InChI is InChI=1S/C23H22BrClFN5O4/c1-12(2)20(28)22(32)34-11-31-23(33)30(3)18(29-31)8-14-4-5-17(24)21(19(14)26)35-16-7-13(10-27)6-15(25)9-16/h4-7,9,12,20H,8,11,28H2,1-3H3. The number of hydrogen-bond donors (Lipinski definition) is 1. The molecule has 184 valence electrons. The van der Waals surface area contributed by atoms with Crippen LogP contribution >= 0.6 is 27.5 Å². The van der Waals surface area contributed by atoms with E-state index in [2.05, 4.69) is 21.0 Å². The maximum Gasteiger partial charge on any atom is 0.348 e. The number of carbonyl (C=O) groups excluding carboxylic acids is 1. The molecule has 3 rings (SSSR count). The Balaban J connectivity index is 1.84. The van der Waals surface area contributed by atoms with Crippen molar-refractivity contribution in [2.45, 2.75) is 33.0 Å². The summed E-state index contributed by atoms with van der Waals surface area (Å²) in [6.07, 6.45) is -0.0489. The number of ether oxygens (including phenoxy) is 2. The molecule has 0 amide bonds. The molecule has 0 aliphatic rings. The van der Waals surface area contributed by atoms with E-state index in [9.17, 15) is 9.59 Å². The fourth-order valence-electron chi connectivity index (χ4n) is 3.04. The summed E-state index contributed by atoms with van der Waals surface area (Å²) in [4.78, 5) is 24.5. The van der Waals surface area contributed by atoms with Crippen LogP contribution in [0.2, 0.25) is 5.02 Å². The molecule has 0 fully saturated rings. The molecule has 35 heavy (non-hydrogen) atoms. The zero-order chi connectivity index (χ0) is 25.9. The van der Waals surface area contributed by atoms with Crippen molar-refractivity contribution in [2.24, 2.45) is 18.7 Å². The van der Waals surface area contributed by atoms with Gasteiger partial charge >= 0.3 is 11.7 Å². The van der Waals surface area contributed by atoms with Crippen molar-refractivity contribution in [1.82, 2.24) is 14.3 Å². The molecule has 3 aromatic rings. The molecule has 1 atom stereocenters. The van der Waals surface area contributed by atoms with Gasteiger partial charge in [-0.1, -0.05) is 31.5 Å². The van der Waals surface area contributed by atoms with Crippen LogP contribution in [0.3, 0.4) is 0 Å². The molecule has 1 aromatic heterocycles. The lowest BCUT2D eigenvalue weighted by Gasteiger charge is -2.13. The van der Waals surface area contributed by atoms with Crippen LogP contribution in [-0.2, 0) is 29.7 Å². The highest BCUT2D eigenvalue weighted by molar-refractivity contribution is 9.10. The van der Waals surface area contributed by atoms with E-state index in [1.807, 2.05) is 6.07 Å². The number of rotatable bonds is 8. The Bertz CT molecular complexity index is 1370. The topological polar surface area (TPSA) is 125 Å². The number of aromatic nitrogens is 3. The number of nitrogens with two attached hydrogens (primary N) is 1. The van der Waals surface area contributed by atoms with E-state index in [1.54, 1.807) is 19.9 Å². The highest BCUT2D eigenvalue weighted by atomic mass is 79.9. The third-order valence-electron chi connectivity index (χ3n) is 5.15. The Kier molecular flexibility index (Phi) is 8.32. The largest absolute Gasteiger partial charge is 0.453 e. The predicted octanol–water partition coefficient (Wildman–Crippen LogP) is 3.88. The summed E-state index contributed by atoms with van der Waals surface area (Å²) in [6, 6.07) is 8.60. The van der Waals surface area contributed by atoms with Crippen LogP contribution in [0.1, 0.15) is 30.8 Å². The zero-order valence-corrected chi connectivity index (χ0v) is 21.4. The molecule has 0 bridgehead atoms. The summed E-state index contributed by atoms with van der Waals surface area (Å²) in [7, 11) is 1.48. The van der Waals surface area contributed by atoms with Crippen molar-refractivity contribution in [3.05, 3.63) is 73.1 Å². The number of nitrogens with zero attached hydrogens (tertiary/aromatic N) is 4. The number of halogens is 3. The van der Waals surface area contributed by atoms with Gasteiger partial charge in [-0.3, -0.25) is 9.36 Å². The normalized spacial score (nSPS) is 11.9. The Hall–Kier alpha value is -3.20. The molecule has 0 aliphatic heterocycles. The molecule has 1 unspecified atom stereocenters.